The Kier molecular flexibility index (Phi) is 5.72. The van der Waals surface area contributed by atoms with E-state index in [9.17, 15) is 9.59 Å². The van der Waals surface area contributed by atoms with Gasteiger partial charge in [0.2, 0.25) is 5.91 Å². The molecular weight excluding hydrogens is 286 g/mol. The first-order valence-electron chi connectivity index (χ1n) is 5.88. The highest BCUT2D eigenvalue weighted by atomic mass is 35.5. The number of amides is 1. The van der Waals surface area contributed by atoms with Crippen LogP contribution in [-0.2, 0) is 16.6 Å². The summed E-state index contributed by atoms with van der Waals surface area (Å²) in [6, 6.07) is 0. The summed E-state index contributed by atoms with van der Waals surface area (Å²) in [5.41, 5.74) is 1.35. The van der Waals surface area contributed by atoms with Gasteiger partial charge in [-0.15, -0.1) is 0 Å². The molecule has 1 amide bonds. The molecule has 0 unspecified atom stereocenters. The number of aliphatic hydroxyl groups excluding tert-OH is 1. The summed E-state index contributed by atoms with van der Waals surface area (Å²) in [7, 11) is 1.69. The molecule has 0 aliphatic carbocycles. The number of hydrogen-bond acceptors (Lipinski definition) is 4. The fraction of sp³-hybridized carbons (Fsp3) is 0.417. The molecule has 0 aromatic carbocycles. The Morgan fingerprint density at radius 1 is 1.55 bits per heavy atom. The number of aliphatic carboxylic acids is 1. The lowest BCUT2D eigenvalue weighted by molar-refractivity contribution is -0.147. The molecule has 1 rings (SSSR count). The van der Waals surface area contributed by atoms with Gasteiger partial charge in [0.1, 0.15) is 5.15 Å². The summed E-state index contributed by atoms with van der Waals surface area (Å²) in [6.07, 6.45) is 1.28. The minimum atomic E-state index is -1.48. The maximum absolute atomic E-state index is 11.5. The van der Waals surface area contributed by atoms with Gasteiger partial charge in [0.05, 0.1) is 5.69 Å². The van der Waals surface area contributed by atoms with Crippen molar-refractivity contribution in [1.82, 2.24) is 15.1 Å². The first-order chi connectivity index (χ1) is 9.32. The maximum atomic E-state index is 11.5. The summed E-state index contributed by atoms with van der Waals surface area (Å²) in [5.74, 6) is -1.71. The molecule has 1 aromatic rings. The number of carbonyl (C=O) groups excluding carboxylic acids is 1. The maximum Gasteiger partial charge on any atom is 0.332 e. The zero-order valence-corrected chi connectivity index (χ0v) is 11.9. The number of aromatic nitrogens is 2. The fourth-order valence-electron chi connectivity index (χ4n) is 1.51. The van der Waals surface area contributed by atoms with Gasteiger partial charge >= 0.3 is 5.97 Å². The number of halogens is 1. The molecule has 1 aromatic heterocycles. The number of rotatable bonds is 6. The minimum Gasteiger partial charge on any atom is -0.479 e. The van der Waals surface area contributed by atoms with Crippen molar-refractivity contribution in [2.75, 3.05) is 6.54 Å². The van der Waals surface area contributed by atoms with Crippen LogP contribution in [0, 0.1) is 6.92 Å². The normalized spacial score (nSPS) is 12.6. The van der Waals surface area contributed by atoms with Crippen molar-refractivity contribution < 1.29 is 19.8 Å². The predicted molar refractivity (Wildman–Crippen MR) is 73.3 cm³/mol. The Morgan fingerprint density at radius 3 is 2.70 bits per heavy atom. The lowest BCUT2D eigenvalue weighted by Gasteiger charge is -2.05. The average molecular weight is 302 g/mol. The van der Waals surface area contributed by atoms with E-state index >= 15 is 0 Å². The van der Waals surface area contributed by atoms with Crippen LogP contribution in [0.3, 0.4) is 0 Å². The molecular formula is C12H16ClN3O4. The first-order valence-corrected chi connectivity index (χ1v) is 6.26. The molecule has 0 fully saturated rings. The van der Waals surface area contributed by atoms with Gasteiger partial charge in [-0.05, 0) is 13.0 Å². The van der Waals surface area contributed by atoms with Crippen molar-refractivity contribution in [3.63, 3.8) is 0 Å². The zero-order chi connectivity index (χ0) is 15.3. The summed E-state index contributed by atoms with van der Waals surface area (Å²) >= 11 is 6.00. The molecule has 1 atom stereocenters. The van der Waals surface area contributed by atoms with Crippen LogP contribution < -0.4 is 5.32 Å². The standard InChI is InChI=1S/C12H16ClN3O4/c1-7-8(11(13)16(2)15-7)3-4-10(18)14-6-5-9(17)12(19)20/h3-4,9,17H,5-6H2,1-2H3,(H,14,18)(H,19,20)/b4-3+/t9-/m0/s1. The van der Waals surface area contributed by atoms with Crippen molar-refractivity contribution in [1.29, 1.82) is 0 Å². The fourth-order valence-corrected chi connectivity index (χ4v) is 1.75. The molecule has 0 saturated carbocycles. The zero-order valence-electron chi connectivity index (χ0n) is 11.1. The summed E-state index contributed by atoms with van der Waals surface area (Å²) in [6.45, 7) is 1.84. The second kappa shape index (κ2) is 7.06. The second-order valence-corrected chi connectivity index (χ2v) is 4.54. The van der Waals surface area contributed by atoms with E-state index in [0.29, 0.717) is 16.4 Å². The van der Waals surface area contributed by atoms with Crippen LogP contribution in [0.1, 0.15) is 17.7 Å². The van der Waals surface area contributed by atoms with Crippen LogP contribution in [0.15, 0.2) is 6.08 Å². The average Bonchev–Trinajstić information content (AvgIpc) is 2.61. The van der Waals surface area contributed by atoms with E-state index in [2.05, 4.69) is 10.4 Å². The van der Waals surface area contributed by atoms with Crippen molar-refractivity contribution >= 4 is 29.6 Å². The number of nitrogens with one attached hydrogen (secondary N) is 1. The molecule has 0 radical (unpaired) electrons. The van der Waals surface area contributed by atoms with Crippen LogP contribution >= 0.6 is 11.6 Å². The predicted octanol–water partition coefficient (Wildman–Crippen LogP) is 0.347. The number of hydrogen-bond donors (Lipinski definition) is 3. The topological polar surface area (TPSA) is 104 Å². The minimum absolute atomic E-state index is 0.0540. The van der Waals surface area contributed by atoms with Crippen molar-refractivity contribution in [2.24, 2.45) is 7.05 Å². The quantitative estimate of drug-likeness (QED) is 0.658. The SMILES string of the molecule is Cc1nn(C)c(Cl)c1/C=C/C(=O)NCC[C@H](O)C(=O)O. The van der Waals surface area contributed by atoms with E-state index < -0.39 is 18.0 Å². The first kappa shape index (κ1) is 16.2. The number of nitrogens with zero attached hydrogens (tertiary/aromatic N) is 2. The third kappa shape index (κ3) is 4.36. The van der Waals surface area contributed by atoms with Crippen LogP contribution in [0.4, 0.5) is 0 Å². The Balaban J connectivity index is 2.50. The number of carboxylic acids is 1. The lowest BCUT2D eigenvalue weighted by Crippen LogP contribution is -2.28. The molecule has 3 N–H and O–H groups in total. The summed E-state index contributed by atoms with van der Waals surface area (Å²) < 4.78 is 1.50. The number of carbonyl (C=O) groups is 2. The highest BCUT2D eigenvalue weighted by Gasteiger charge is 2.12. The monoisotopic (exact) mass is 301 g/mol. The van der Waals surface area contributed by atoms with Crippen molar-refractivity contribution in [3.8, 4) is 0 Å². The largest absolute Gasteiger partial charge is 0.479 e. The molecule has 7 nitrogen and oxygen atoms in total. The van der Waals surface area contributed by atoms with Crippen LogP contribution in [0.2, 0.25) is 5.15 Å². The molecule has 0 saturated heterocycles. The van der Waals surface area contributed by atoms with Gasteiger partial charge in [0, 0.05) is 31.7 Å². The van der Waals surface area contributed by atoms with Gasteiger partial charge in [0.15, 0.2) is 6.10 Å². The van der Waals surface area contributed by atoms with E-state index in [0.717, 1.165) is 0 Å². The van der Waals surface area contributed by atoms with E-state index in [1.54, 1.807) is 14.0 Å². The third-order valence-electron chi connectivity index (χ3n) is 2.60. The van der Waals surface area contributed by atoms with Gasteiger partial charge < -0.3 is 15.5 Å². The number of carboxylic acid groups (broad SMARTS) is 1. The number of aryl methyl sites for hydroxylation is 2. The van der Waals surface area contributed by atoms with Gasteiger partial charge in [-0.3, -0.25) is 9.48 Å². The molecule has 0 bridgehead atoms. The molecule has 0 aliphatic rings. The van der Waals surface area contributed by atoms with Gasteiger partial charge in [0.25, 0.3) is 0 Å². The van der Waals surface area contributed by atoms with E-state index in [4.69, 9.17) is 21.8 Å². The third-order valence-corrected chi connectivity index (χ3v) is 3.05. The van der Waals surface area contributed by atoms with Gasteiger partial charge in [-0.1, -0.05) is 11.6 Å². The Bertz CT molecular complexity index is 539. The van der Waals surface area contributed by atoms with E-state index in [1.165, 1.54) is 16.8 Å². The molecule has 20 heavy (non-hydrogen) atoms. The van der Waals surface area contributed by atoms with Gasteiger partial charge in [-0.2, -0.15) is 5.10 Å². The smallest absolute Gasteiger partial charge is 0.332 e. The van der Waals surface area contributed by atoms with E-state index in [1.807, 2.05) is 0 Å². The highest BCUT2D eigenvalue weighted by molar-refractivity contribution is 6.31. The summed E-state index contributed by atoms with van der Waals surface area (Å²) in [5, 5.41) is 24.5. The highest BCUT2D eigenvalue weighted by Crippen LogP contribution is 2.19. The van der Waals surface area contributed by atoms with Crippen LogP contribution in [-0.4, -0.2) is 44.5 Å². The second-order valence-electron chi connectivity index (χ2n) is 4.18. The number of aliphatic hydroxyl groups is 1. The van der Waals surface area contributed by atoms with Crippen LogP contribution in [0.5, 0.6) is 0 Å². The molecule has 110 valence electrons. The molecule has 8 heteroatoms. The van der Waals surface area contributed by atoms with Crippen molar-refractivity contribution in [2.45, 2.75) is 19.4 Å². The molecule has 0 aliphatic heterocycles. The molecule has 0 spiro atoms. The Hall–Kier alpha value is -1.86. The van der Waals surface area contributed by atoms with E-state index in [-0.39, 0.29) is 13.0 Å². The Labute approximate surface area is 120 Å². The molecule has 1 heterocycles. The Morgan fingerprint density at radius 2 is 2.20 bits per heavy atom. The van der Waals surface area contributed by atoms with Gasteiger partial charge in [-0.25, -0.2) is 4.79 Å². The van der Waals surface area contributed by atoms with Crippen LogP contribution in [0.25, 0.3) is 6.08 Å². The van der Waals surface area contributed by atoms with Crippen molar-refractivity contribution in [3.05, 3.63) is 22.5 Å². The lowest BCUT2D eigenvalue weighted by atomic mass is 10.2. The summed E-state index contributed by atoms with van der Waals surface area (Å²) in [4.78, 5) is 21.9.